The molecule has 0 aliphatic rings. The Kier molecular flexibility index (Phi) is 5.57. The Balaban J connectivity index is 2.25. The second-order valence-corrected chi connectivity index (χ2v) is 7.50. The number of nitrogens with one attached hydrogen (secondary N) is 2. The molecule has 0 saturated carbocycles. The number of hydrogen-bond acceptors (Lipinski definition) is 5. The number of benzene rings is 2. The second kappa shape index (κ2) is 7.28. The molecule has 28 heavy (non-hydrogen) atoms. The van der Waals surface area contributed by atoms with E-state index in [2.05, 4.69) is 4.72 Å². The van der Waals surface area contributed by atoms with Gasteiger partial charge in [-0.15, -0.1) is 0 Å². The number of halogens is 4. The van der Waals surface area contributed by atoms with Gasteiger partial charge in [-0.25, -0.2) is 12.8 Å². The average Bonchev–Trinajstić information content (AvgIpc) is 2.55. The summed E-state index contributed by atoms with van der Waals surface area (Å²) in [7, 11) is -4.29. The van der Waals surface area contributed by atoms with Crippen LogP contribution in [-0.4, -0.2) is 36.3 Å². The highest BCUT2D eigenvalue weighted by Crippen LogP contribution is 2.31. The largest absolute Gasteiger partial charge is 0.508 e. The summed E-state index contributed by atoms with van der Waals surface area (Å²) in [5.74, 6) is -3.50. The molecule has 0 aliphatic carbocycles. The van der Waals surface area contributed by atoms with Gasteiger partial charge >= 0.3 is 6.18 Å². The molecule has 0 heterocycles. The predicted octanol–water partition coefficient (Wildman–Crippen LogP) is 2.58. The van der Waals surface area contributed by atoms with Crippen molar-refractivity contribution in [1.82, 2.24) is 0 Å². The summed E-state index contributed by atoms with van der Waals surface area (Å²) in [6, 6.07) is 7.12. The summed E-state index contributed by atoms with van der Waals surface area (Å²) in [6.07, 6.45) is -5.30. The van der Waals surface area contributed by atoms with Gasteiger partial charge < -0.3 is 15.5 Å². The number of sulfonamides is 1. The molecule has 7 nitrogen and oxygen atoms in total. The Hall–Kier alpha value is -2.86. The van der Waals surface area contributed by atoms with Crippen molar-refractivity contribution in [1.29, 1.82) is 0 Å². The highest BCUT2D eigenvalue weighted by molar-refractivity contribution is 7.92. The van der Waals surface area contributed by atoms with Crippen LogP contribution in [0.1, 0.15) is 6.92 Å². The van der Waals surface area contributed by atoms with Crippen LogP contribution in [0.25, 0.3) is 0 Å². The SMILES string of the molecule is CC(O)(C(=O)Nc1ccc(S(=O)(=O)Nc2cccc(O)c2)cc1F)C(F)(F)F. The molecule has 0 aromatic heterocycles. The van der Waals surface area contributed by atoms with Crippen LogP contribution in [-0.2, 0) is 14.8 Å². The van der Waals surface area contributed by atoms with Gasteiger partial charge in [-0.1, -0.05) is 6.07 Å². The predicted molar refractivity (Wildman–Crippen MR) is 90.6 cm³/mol. The van der Waals surface area contributed by atoms with Gasteiger partial charge in [0, 0.05) is 6.07 Å². The lowest BCUT2D eigenvalue weighted by Gasteiger charge is -2.25. The fourth-order valence-corrected chi connectivity index (χ4v) is 2.98. The van der Waals surface area contributed by atoms with Gasteiger partial charge in [-0.05, 0) is 37.3 Å². The summed E-state index contributed by atoms with van der Waals surface area (Å²) in [4.78, 5) is 11.0. The summed E-state index contributed by atoms with van der Waals surface area (Å²) >= 11 is 0. The van der Waals surface area contributed by atoms with Gasteiger partial charge in [0.1, 0.15) is 11.6 Å². The van der Waals surface area contributed by atoms with E-state index < -0.39 is 44.1 Å². The average molecular weight is 422 g/mol. The van der Waals surface area contributed by atoms with Gasteiger partial charge in [0.25, 0.3) is 15.9 Å². The monoisotopic (exact) mass is 422 g/mol. The minimum absolute atomic E-state index is 0.0148. The highest BCUT2D eigenvalue weighted by atomic mass is 32.2. The van der Waals surface area contributed by atoms with Crippen LogP contribution in [0.4, 0.5) is 28.9 Å². The van der Waals surface area contributed by atoms with E-state index in [9.17, 15) is 41.0 Å². The quantitative estimate of drug-likeness (QED) is 0.553. The van der Waals surface area contributed by atoms with E-state index in [4.69, 9.17) is 0 Å². The first kappa shape index (κ1) is 21.4. The van der Waals surface area contributed by atoms with Crippen molar-refractivity contribution in [3.63, 3.8) is 0 Å². The third-order valence-corrected chi connectivity index (χ3v) is 4.97. The van der Waals surface area contributed by atoms with E-state index in [1.165, 1.54) is 18.2 Å². The fourth-order valence-electron chi connectivity index (χ4n) is 1.92. The van der Waals surface area contributed by atoms with Crippen LogP contribution < -0.4 is 10.0 Å². The summed E-state index contributed by atoms with van der Waals surface area (Å²) < 4.78 is 78.6. The number of alkyl halides is 3. The number of anilines is 2. The maximum Gasteiger partial charge on any atom is 0.426 e. The molecule has 1 unspecified atom stereocenters. The lowest BCUT2D eigenvalue weighted by atomic mass is 10.1. The van der Waals surface area contributed by atoms with Crippen molar-refractivity contribution in [3.05, 3.63) is 48.3 Å². The number of aliphatic hydroxyl groups is 1. The number of phenolic OH excluding ortho intramolecular Hbond substituents is 1. The van der Waals surface area contributed by atoms with Crippen LogP contribution in [0.3, 0.4) is 0 Å². The van der Waals surface area contributed by atoms with Crippen molar-refractivity contribution in [2.75, 3.05) is 10.0 Å². The third kappa shape index (κ3) is 4.51. The standard InChI is InChI=1S/C16H14F4N2O5S/c1-15(25,16(18,19)20)14(24)21-13-6-5-11(8-12(13)17)28(26,27)22-9-3-2-4-10(23)7-9/h2-8,22-23,25H,1H3,(H,21,24). The summed E-state index contributed by atoms with van der Waals surface area (Å²) in [5, 5.41) is 20.1. The number of amides is 1. The molecule has 1 amide bonds. The Labute approximate surface area is 156 Å². The molecule has 0 spiro atoms. The molecule has 4 N–H and O–H groups in total. The van der Waals surface area contributed by atoms with Crippen molar-refractivity contribution in [2.45, 2.75) is 23.6 Å². The van der Waals surface area contributed by atoms with Crippen LogP contribution >= 0.6 is 0 Å². The van der Waals surface area contributed by atoms with Crippen molar-refractivity contribution in [3.8, 4) is 5.75 Å². The third-order valence-electron chi connectivity index (χ3n) is 3.59. The Morgan fingerprint density at radius 1 is 1.11 bits per heavy atom. The van der Waals surface area contributed by atoms with Crippen molar-refractivity contribution < 1.29 is 41.0 Å². The molecule has 12 heteroatoms. The van der Waals surface area contributed by atoms with Gasteiger partial charge in [0.05, 0.1) is 16.3 Å². The molecule has 2 aromatic rings. The van der Waals surface area contributed by atoms with E-state index in [-0.39, 0.29) is 18.4 Å². The van der Waals surface area contributed by atoms with E-state index in [1.54, 1.807) is 5.32 Å². The van der Waals surface area contributed by atoms with Gasteiger partial charge in [0.15, 0.2) is 0 Å². The molecule has 1 atom stereocenters. The minimum Gasteiger partial charge on any atom is -0.508 e. The molecular formula is C16H14F4N2O5S. The maximum absolute atomic E-state index is 14.1. The number of hydrogen-bond donors (Lipinski definition) is 4. The van der Waals surface area contributed by atoms with Crippen molar-refractivity contribution in [2.24, 2.45) is 0 Å². The van der Waals surface area contributed by atoms with Gasteiger partial charge in [-0.3, -0.25) is 9.52 Å². The minimum atomic E-state index is -5.30. The lowest BCUT2D eigenvalue weighted by molar-refractivity contribution is -0.242. The molecule has 0 bridgehead atoms. The number of aromatic hydroxyl groups is 1. The molecule has 0 saturated heterocycles. The zero-order chi connectivity index (χ0) is 21.3. The van der Waals surface area contributed by atoms with Crippen LogP contribution in [0.2, 0.25) is 0 Å². The van der Waals surface area contributed by atoms with Gasteiger partial charge in [0.2, 0.25) is 5.60 Å². The first-order chi connectivity index (χ1) is 12.7. The zero-order valence-corrected chi connectivity index (χ0v) is 14.9. The first-order valence-electron chi connectivity index (χ1n) is 7.46. The van der Waals surface area contributed by atoms with Crippen LogP contribution in [0.5, 0.6) is 5.75 Å². The second-order valence-electron chi connectivity index (χ2n) is 5.82. The van der Waals surface area contributed by atoms with Crippen LogP contribution in [0, 0.1) is 5.82 Å². The Morgan fingerprint density at radius 3 is 2.29 bits per heavy atom. The molecule has 0 aliphatic heterocycles. The van der Waals surface area contributed by atoms with Gasteiger partial charge in [-0.2, -0.15) is 13.2 Å². The van der Waals surface area contributed by atoms with E-state index in [0.29, 0.717) is 6.07 Å². The number of carbonyl (C=O) groups excluding carboxylic acids is 1. The molecule has 152 valence electrons. The topological polar surface area (TPSA) is 116 Å². The van der Waals surface area contributed by atoms with E-state index in [0.717, 1.165) is 18.2 Å². The van der Waals surface area contributed by atoms with Crippen molar-refractivity contribution >= 4 is 27.3 Å². The first-order valence-corrected chi connectivity index (χ1v) is 8.94. The zero-order valence-electron chi connectivity index (χ0n) is 14.1. The summed E-state index contributed by atoms with van der Waals surface area (Å²) in [5.41, 5.74) is -4.55. The molecular weight excluding hydrogens is 408 g/mol. The highest BCUT2D eigenvalue weighted by Gasteiger charge is 2.55. The number of carbonyl (C=O) groups is 1. The molecule has 0 fully saturated rings. The Bertz CT molecular complexity index is 1010. The smallest absolute Gasteiger partial charge is 0.426 e. The number of rotatable bonds is 5. The fraction of sp³-hybridized carbons (Fsp3) is 0.188. The Morgan fingerprint density at radius 2 is 1.75 bits per heavy atom. The molecule has 0 radical (unpaired) electrons. The lowest BCUT2D eigenvalue weighted by Crippen LogP contribution is -2.52. The van der Waals surface area contributed by atoms with E-state index in [1.807, 2.05) is 0 Å². The van der Waals surface area contributed by atoms with E-state index >= 15 is 0 Å². The number of phenols is 1. The maximum atomic E-state index is 14.1. The van der Waals surface area contributed by atoms with Crippen LogP contribution in [0.15, 0.2) is 47.4 Å². The molecule has 2 aromatic carbocycles. The normalized spacial score (nSPS) is 14.2. The molecule has 2 rings (SSSR count). The summed E-state index contributed by atoms with van der Waals surface area (Å²) in [6.45, 7) is 0.193.